The normalized spacial score (nSPS) is 12.4. The first-order valence-electron chi connectivity index (χ1n) is 8.63. The second kappa shape index (κ2) is 8.06. The molecule has 2 N–H and O–H groups in total. The zero-order chi connectivity index (χ0) is 18.4. The highest BCUT2D eigenvalue weighted by Gasteiger charge is 2.16. The predicted molar refractivity (Wildman–Crippen MR) is 103 cm³/mol. The third-order valence-electron chi connectivity index (χ3n) is 3.87. The van der Waals surface area contributed by atoms with Crippen molar-refractivity contribution in [2.45, 2.75) is 52.8 Å². The third-order valence-corrected chi connectivity index (χ3v) is 3.87. The largest absolute Gasteiger partial charge is 0.444 e. The maximum atomic E-state index is 11.9. The Labute approximate surface area is 150 Å². The Bertz CT molecular complexity index is 720. The number of hydrogen-bond donors (Lipinski definition) is 2. The second-order valence-electron chi connectivity index (χ2n) is 7.24. The summed E-state index contributed by atoms with van der Waals surface area (Å²) in [6.45, 7) is 10.2. The lowest BCUT2D eigenvalue weighted by atomic mass is 10.0. The molecular formula is C21H28N2O2. The fourth-order valence-corrected chi connectivity index (χ4v) is 2.68. The monoisotopic (exact) mass is 340 g/mol. The van der Waals surface area contributed by atoms with Crippen molar-refractivity contribution >= 4 is 11.8 Å². The van der Waals surface area contributed by atoms with E-state index in [0.717, 1.165) is 11.3 Å². The molecule has 0 aliphatic heterocycles. The van der Waals surface area contributed by atoms with Crippen LogP contribution in [0.5, 0.6) is 0 Å². The maximum absolute atomic E-state index is 11.9. The van der Waals surface area contributed by atoms with E-state index in [1.54, 1.807) is 0 Å². The maximum Gasteiger partial charge on any atom is 0.407 e. The Morgan fingerprint density at radius 1 is 1.08 bits per heavy atom. The summed E-state index contributed by atoms with van der Waals surface area (Å²) in [5.74, 6) is 0. The van der Waals surface area contributed by atoms with Gasteiger partial charge in [0.25, 0.3) is 0 Å². The number of nitrogens with one attached hydrogen (secondary N) is 2. The average molecular weight is 340 g/mol. The van der Waals surface area contributed by atoms with Gasteiger partial charge >= 0.3 is 6.09 Å². The number of rotatable bonds is 5. The number of aryl methyl sites for hydroxylation is 1. The molecule has 0 aliphatic carbocycles. The molecule has 0 radical (unpaired) electrons. The van der Waals surface area contributed by atoms with Crippen LogP contribution in [0.4, 0.5) is 10.5 Å². The van der Waals surface area contributed by atoms with Crippen molar-refractivity contribution in [3.8, 4) is 0 Å². The lowest BCUT2D eigenvalue weighted by Crippen LogP contribution is -2.32. The SMILES string of the molecule is Cc1ccccc1C(C)Nc1ccccc1CNC(=O)OC(C)(C)C. The highest BCUT2D eigenvalue weighted by Crippen LogP contribution is 2.24. The molecule has 0 fully saturated rings. The molecule has 0 saturated carbocycles. The van der Waals surface area contributed by atoms with E-state index >= 15 is 0 Å². The molecule has 2 rings (SSSR count). The smallest absolute Gasteiger partial charge is 0.407 e. The Kier molecular flexibility index (Phi) is 6.07. The Balaban J connectivity index is 2.05. The number of alkyl carbamates (subject to hydrolysis) is 1. The van der Waals surface area contributed by atoms with Crippen molar-refractivity contribution in [1.29, 1.82) is 0 Å². The van der Waals surface area contributed by atoms with Crippen molar-refractivity contribution in [1.82, 2.24) is 5.32 Å². The van der Waals surface area contributed by atoms with Crippen LogP contribution in [0.25, 0.3) is 0 Å². The summed E-state index contributed by atoms with van der Waals surface area (Å²) < 4.78 is 5.29. The summed E-state index contributed by atoms with van der Waals surface area (Å²) in [6.07, 6.45) is -0.408. The molecule has 4 heteroatoms. The van der Waals surface area contributed by atoms with Crippen LogP contribution in [0.1, 0.15) is 50.4 Å². The number of carbonyl (C=O) groups is 1. The van der Waals surface area contributed by atoms with E-state index in [9.17, 15) is 4.79 Å². The molecule has 2 aromatic carbocycles. The fraction of sp³-hybridized carbons (Fsp3) is 0.381. The van der Waals surface area contributed by atoms with Crippen molar-refractivity contribution in [2.75, 3.05) is 5.32 Å². The summed E-state index contributed by atoms with van der Waals surface area (Å²) in [5, 5.41) is 6.37. The minimum atomic E-state index is -0.499. The topological polar surface area (TPSA) is 50.4 Å². The zero-order valence-corrected chi connectivity index (χ0v) is 15.7. The van der Waals surface area contributed by atoms with Crippen LogP contribution >= 0.6 is 0 Å². The van der Waals surface area contributed by atoms with Gasteiger partial charge in [0.05, 0.1) is 0 Å². The minimum Gasteiger partial charge on any atom is -0.444 e. The lowest BCUT2D eigenvalue weighted by molar-refractivity contribution is 0.0523. The van der Waals surface area contributed by atoms with E-state index < -0.39 is 11.7 Å². The number of hydrogen-bond acceptors (Lipinski definition) is 3. The van der Waals surface area contributed by atoms with Gasteiger partial charge in [0, 0.05) is 18.3 Å². The van der Waals surface area contributed by atoms with E-state index in [1.807, 2.05) is 51.1 Å². The van der Waals surface area contributed by atoms with Crippen LogP contribution < -0.4 is 10.6 Å². The summed E-state index contributed by atoms with van der Waals surface area (Å²) in [7, 11) is 0. The Morgan fingerprint density at radius 3 is 2.40 bits per heavy atom. The van der Waals surface area contributed by atoms with E-state index in [4.69, 9.17) is 4.74 Å². The molecule has 134 valence electrons. The lowest BCUT2D eigenvalue weighted by Gasteiger charge is -2.22. The molecule has 0 spiro atoms. The van der Waals surface area contributed by atoms with Crippen LogP contribution in [-0.4, -0.2) is 11.7 Å². The van der Waals surface area contributed by atoms with Crippen molar-refractivity contribution in [3.63, 3.8) is 0 Å². The molecule has 25 heavy (non-hydrogen) atoms. The number of carbonyl (C=O) groups excluding carboxylic acids is 1. The molecule has 0 heterocycles. The Morgan fingerprint density at radius 2 is 1.72 bits per heavy atom. The molecule has 0 aromatic heterocycles. The third kappa shape index (κ3) is 5.82. The zero-order valence-electron chi connectivity index (χ0n) is 15.7. The van der Waals surface area contributed by atoms with Gasteiger partial charge in [-0.1, -0.05) is 42.5 Å². The molecule has 2 aromatic rings. The van der Waals surface area contributed by atoms with Crippen LogP contribution in [0.3, 0.4) is 0 Å². The second-order valence-corrected chi connectivity index (χ2v) is 7.24. The van der Waals surface area contributed by atoms with Gasteiger partial charge < -0.3 is 15.4 Å². The van der Waals surface area contributed by atoms with E-state index in [-0.39, 0.29) is 6.04 Å². The number of benzene rings is 2. The molecule has 4 nitrogen and oxygen atoms in total. The summed E-state index contributed by atoms with van der Waals surface area (Å²) in [4.78, 5) is 11.9. The first-order valence-corrected chi connectivity index (χ1v) is 8.63. The van der Waals surface area contributed by atoms with Gasteiger partial charge in [-0.05, 0) is 57.4 Å². The molecule has 0 bridgehead atoms. The van der Waals surface area contributed by atoms with Gasteiger partial charge in [-0.2, -0.15) is 0 Å². The van der Waals surface area contributed by atoms with Crippen molar-refractivity contribution in [2.24, 2.45) is 0 Å². The molecule has 0 saturated heterocycles. The van der Waals surface area contributed by atoms with Gasteiger partial charge in [0.2, 0.25) is 0 Å². The van der Waals surface area contributed by atoms with Gasteiger partial charge in [0.15, 0.2) is 0 Å². The molecule has 1 unspecified atom stereocenters. The van der Waals surface area contributed by atoms with E-state index in [2.05, 4.69) is 42.7 Å². The van der Waals surface area contributed by atoms with Gasteiger partial charge in [-0.3, -0.25) is 0 Å². The van der Waals surface area contributed by atoms with Gasteiger partial charge in [0.1, 0.15) is 5.60 Å². The number of para-hydroxylation sites is 1. The summed E-state index contributed by atoms with van der Waals surface area (Å²) in [5.41, 5.74) is 4.05. The fourth-order valence-electron chi connectivity index (χ4n) is 2.68. The quantitative estimate of drug-likeness (QED) is 0.787. The number of anilines is 1. The van der Waals surface area contributed by atoms with Crippen LogP contribution in [-0.2, 0) is 11.3 Å². The molecule has 1 atom stereocenters. The standard InChI is InChI=1S/C21H28N2O2/c1-15-10-6-8-12-18(15)16(2)23-19-13-9-7-11-17(19)14-22-20(24)25-21(3,4)5/h6-13,16,23H,14H2,1-5H3,(H,22,24). The molecular weight excluding hydrogens is 312 g/mol. The predicted octanol–water partition coefficient (Wildman–Crippen LogP) is 5.19. The highest BCUT2D eigenvalue weighted by molar-refractivity contribution is 5.68. The first kappa shape index (κ1) is 18.8. The molecule has 0 aliphatic rings. The van der Waals surface area contributed by atoms with Gasteiger partial charge in [-0.15, -0.1) is 0 Å². The van der Waals surface area contributed by atoms with Crippen LogP contribution in [0, 0.1) is 6.92 Å². The van der Waals surface area contributed by atoms with Crippen molar-refractivity contribution < 1.29 is 9.53 Å². The number of ether oxygens (including phenoxy) is 1. The van der Waals surface area contributed by atoms with Gasteiger partial charge in [-0.25, -0.2) is 4.79 Å². The Hall–Kier alpha value is -2.49. The summed E-state index contributed by atoms with van der Waals surface area (Å²) in [6, 6.07) is 16.5. The minimum absolute atomic E-state index is 0.170. The summed E-state index contributed by atoms with van der Waals surface area (Å²) >= 11 is 0. The first-order chi connectivity index (χ1) is 11.8. The van der Waals surface area contributed by atoms with Crippen LogP contribution in [0.15, 0.2) is 48.5 Å². The van der Waals surface area contributed by atoms with E-state index in [1.165, 1.54) is 11.1 Å². The van der Waals surface area contributed by atoms with Crippen molar-refractivity contribution in [3.05, 3.63) is 65.2 Å². The number of amides is 1. The molecule has 1 amide bonds. The van der Waals surface area contributed by atoms with Crippen LogP contribution in [0.2, 0.25) is 0 Å². The highest BCUT2D eigenvalue weighted by atomic mass is 16.6. The van der Waals surface area contributed by atoms with E-state index in [0.29, 0.717) is 6.54 Å². The average Bonchev–Trinajstić information content (AvgIpc) is 2.52.